The molecule has 8 heteroatoms. The van der Waals surface area contributed by atoms with Crippen molar-refractivity contribution < 1.29 is 24.0 Å². The molecule has 2 fully saturated rings. The Kier molecular flexibility index (Phi) is 17.8. The molecule has 1 saturated carbocycles. The van der Waals surface area contributed by atoms with Crippen molar-refractivity contribution in [1.82, 2.24) is 15.5 Å². The first-order chi connectivity index (χ1) is 26.3. The third kappa shape index (κ3) is 15.4. The van der Waals surface area contributed by atoms with Crippen molar-refractivity contribution in [2.24, 2.45) is 29.1 Å². The Labute approximate surface area is 331 Å². The van der Waals surface area contributed by atoms with Crippen LogP contribution < -0.4 is 10.6 Å². The number of hydrogen-bond acceptors (Lipinski definition) is 6. The molecule has 8 nitrogen and oxygen atoms in total. The van der Waals surface area contributed by atoms with Gasteiger partial charge in [-0.2, -0.15) is 0 Å². The van der Waals surface area contributed by atoms with Crippen LogP contribution in [0.15, 0.2) is 60.7 Å². The van der Waals surface area contributed by atoms with E-state index >= 15 is 0 Å². The van der Waals surface area contributed by atoms with Crippen LogP contribution in [0.5, 0.6) is 0 Å². The lowest BCUT2D eigenvalue weighted by Crippen LogP contribution is -2.49. The zero-order valence-electron chi connectivity index (χ0n) is 34.5. The maximum Gasteiger partial charge on any atom is 0.224 e. The van der Waals surface area contributed by atoms with E-state index in [9.17, 15) is 24.0 Å². The highest BCUT2D eigenvalue weighted by molar-refractivity contribution is 5.97. The topological polar surface area (TPSA) is 113 Å². The summed E-state index contributed by atoms with van der Waals surface area (Å²) in [5, 5.41) is 6.17. The Morgan fingerprint density at radius 3 is 1.85 bits per heavy atom. The van der Waals surface area contributed by atoms with Crippen molar-refractivity contribution in [2.75, 3.05) is 19.6 Å². The summed E-state index contributed by atoms with van der Waals surface area (Å²) in [5.41, 5.74) is 1.63. The van der Waals surface area contributed by atoms with Gasteiger partial charge in [0, 0.05) is 36.5 Å². The number of benzene rings is 2. The number of amides is 2. The summed E-state index contributed by atoms with van der Waals surface area (Å²) in [7, 11) is 0. The van der Waals surface area contributed by atoms with Crippen molar-refractivity contribution in [1.29, 1.82) is 0 Å². The molecule has 0 bridgehead atoms. The van der Waals surface area contributed by atoms with Crippen LogP contribution in [0, 0.1) is 29.1 Å². The average Bonchev–Trinajstić information content (AvgIpc) is 3.92. The van der Waals surface area contributed by atoms with Gasteiger partial charge in [0.2, 0.25) is 11.8 Å². The smallest absolute Gasteiger partial charge is 0.224 e. The highest BCUT2D eigenvalue weighted by Gasteiger charge is 2.48. The van der Waals surface area contributed by atoms with Crippen LogP contribution in [-0.4, -0.2) is 65.8 Å². The van der Waals surface area contributed by atoms with Gasteiger partial charge in [-0.15, -0.1) is 0 Å². The minimum Gasteiger partial charge on any atom is -0.346 e. The molecule has 2 unspecified atom stereocenters. The summed E-state index contributed by atoms with van der Waals surface area (Å²) in [6.45, 7) is 13.4. The normalized spacial score (nSPS) is 17.6. The van der Waals surface area contributed by atoms with E-state index in [-0.39, 0.29) is 53.8 Å². The minimum absolute atomic E-state index is 0.0666. The quantitative estimate of drug-likeness (QED) is 0.0992. The number of piperidine rings is 1. The Morgan fingerprint density at radius 2 is 1.25 bits per heavy atom. The number of carbonyl (C=O) groups excluding carboxylic acids is 5. The minimum atomic E-state index is -0.795. The van der Waals surface area contributed by atoms with Gasteiger partial charge in [-0.1, -0.05) is 102 Å². The zero-order valence-corrected chi connectivity index (χ0v) is 34.5. The molecule has 2 aliphatic rings. The molecule has 1 aliphatic heterocycles. The van der Waals surface area contributed by atoms with Gasteiger partial charge in [-0.25, -0.2) is 0 Å². The predicted molar refractivity (Wildman–Crippen MR) is 220 cm³/mol. The van der Waals surface area contributed by atoms with Gasteiger partial charge in [0.25, 0.3) is 0 Å². The summed E-state index contributed by atoms with van der Waals surface area (Å²) in [6, 6.07) is 18.2. The largest absolute Gasteiger partial charge is 0.346 e. The number of ketones is 3. The molecule has 2 aromatic rings. The third-order valence-electron chi connectivity index (χ3n) is 11.6. The lowest BCUT2D eigenvalue weighted by molar-refractivity contribution is -0.135. The summed E-state index contributed by atoms with van der Waals surface area (Å²) < 4.78 is 0. The summed E-state index contributed by atoms with van der Waals surface area (Å²) in [5.74, 6) is -1.59. The molecule has 1 saturated heterocycles. The van der Waals surface area contributed by atoms with Crippen LogP contribution in [0.4, 0.5) is 0 Å². The SMILES string of the molecule is CC(C)CC(NC(=O)[C@H](CCc1ccccc1)CC(=O)CCCCN1CCCCC1)C(=O)C[C@@H](Cc1ccccc1)C(=O)NC(CC(C)C)C(=O)C1(C)CC1. The number of aryl methyl sites for hydroxylation is 1. The number of nitrogens with one attached hydrogen (secondary N) is 2. The van der Waals surface area contributed by atoms with E-state index < -0.39 is 29.3 Å². The monoisotopic (exact) mass is 756 g/mol. The number of hydrogen-bond donors (Lipinski definition) is 2. The van der Waals surface area contributed by atoms with Gasteiger partial charge in [0.05, 0.1) is 12.1 Å². The first-order valence-corrected chi connectivity index (χ1v) is 21.3. The van der Waals surface area contributed by atoms with Crippen molar-refractivity contribution >= 4 is 29.2 Å². The van der Waals surface area contributed by atoms with Crippen molar-refractivity contribution in [3.63, 3.8) is 0 Å². The van der Waals surface area contributed by atoms with Crippen molar-refractivity contribution in [3.8, 4) is 0 Å². The van der Waals surface area contributed by atoms with Gasteiger partial charge >= 0.3 is 0 Å². The molecule has 2 aromatic carbocycles. The summed E-state index contributed by atoms with van der Waals surface area (Å²) >= 11 is 0. The van der Waals surface area contributed by atoms with Gasteiger partial charge in [-0.05, 0) is 113 Å². The fraction of sp³-hybridized carbons (Fsp3) is 0.638. The summed E-state index contributed by atoms with van der Waals surface area (Å²) in [4.78, 5) is 71.9. The molecule has 1 aliphatic carbocycles. The van der Waals surface area contributed by atoms with Gasteiger partial charge in [0.15, 0.2) is 11.6 Å². The van der Waals surface area contributed by atoms with E-state index in [1.165, 1.54) is 19.3 Å². The van der Waals surface area contributed by atoms with Gasteiger partial charge < -0.3 is 15.5 Å². The van der Waals surface area contributed by atoms with E-state index in [1.807, 2.05) is 95.3 Å². The predicted octanol–water partition coefficient (Wildman–Crippen LogP) is 8.10. The van der Waals surface area contributed by atoms with E-state index in [2.05, 4.69) is 15.5 Å². The van der Waals surface area contributed by atoms with Crippen molar-refractivity contribution in [2.45, 2.75) is 143 Å². The molecule has 0 spiro atoms. The molecule has 0 aromatic heterocycles. The Bertz CT molecular complexity index is 1510. The Hall–Kier alpha value is -3.65. The van der Waals surface area contributed by atoms with Crippen LogP contribution >= 0.6 is 0 Å². The molecule has 302 valence electrons. The molecule has 2 N–H and O–H groups in total. The molecule has 55 heavy (non-hydrogen) atoms. The fourth-order valence-corrected chi connectivity index (χ4v) is 7.95. The van der Waals surface area contributed by atoms with Crippen molar-refractivity contribution in [3.05, 3.63) is 71.8 Å². The first-order valence-electron chi connectivity index (χ1n) is 21.3. The fourth-order valence-electron chi connectivity index (χ4n) is 7.95. The maximum absolute atomic E-state index is 14.3. The van der Waals surface area contributed by atoms with Crippen LogP contribution in [0.25, 0.3) is 0 Å². The molecular formula is C47H69N3O5. The highest BCUT2D eigenvalue weighted by Crippen LogP contribution is 2.47. The second-order valence-corrected chi connectivity index (χ2v) is 17.7. The second-order valence-electron chi connectivity index (χ2n) is 17.7. The Morgan fingerprint density at radius 1 is 0.691 bits per heavy atom. The lowest BCUT2D eigenvalue weighted by Gasteiger charge is -2.27. The second kappa shape index (κ2) is 22.2. The maximum atomic E-state index is 14.3. The molecule has 1 heterocycles. The zero-order chi connectivity index (χ0) is 39.8. The lowest BCUT2D eigenvalue weighted by atomic mass is 9.87. The molecule has 0 radical (unpaired) electrons. The number of nitrogens with zero attached hydrogens (tertiary/aromatic N) is 1. The van der Waals surface area contributed by atoms with Crippen LogP contribution in [0.3, 0.4) is 0 Å². The highest BCUT2D eigenvalue weighted by atomic mass is 16.2. The van der Waals surface area contributed by atoms with E-state index in [0.717, 1.165) is 56.4 Å². The molecule has 2 amide bonds. The standard InChI is InChI=1S/C47H69N3O5/c1-34(2)29-41(43(52)33-39(31-37-19-11-7-12-20-37)46(55)49-42(30-35(3)4)44(53)47(5)24-25-47)48-45(54)38(23-22-36-17-9-6-10-18-36)32-40(51)21-13-16-28-50-26-14-8-15-27-50/h6-7,9-12,17-20,34-35,38-39,41-42H,8,13-16,21-33H2,1-5H3,(H,48,54)(H,49,55)/t38-,39-,41?,42?/m1/s1. The average molecular weight is 756 g/mol. The first kappa shape index (κ1) is 44.1. The number of rotatable bonds is 25. The Balaban J connectivity index is 1.46. The van der Waals surface area contributed by atoms with E-state index in [0.29, 0.717) is 38.5 Å². The molecule has 4 rings (SSSR count). The van der Waals surface area contributed by atoms with E-state index in [1.54, 1.807) is 0 Å². The number of carbonyl (C=O) groups is 5. The number of likely N-dealkylation sites (tertiary alicyclic amines) is 1. The number of unbranched alkanes of at least 4 members (excludes halogenated alkanes) is 1. The van der Waals surface area contributed by atoms with Crippen LogP contribution in [-0.2, 0) is 36.8 Å². The molecular weight excluding hydrogens is 687 g/mol. The summed E-state index contributed by atoms with van der Waals surface area (Å²) in [6.07, 6.45) is 10.2. The molecule has 4 atom stereocenters. The van der Waals surface area contributed by atoms with Gasteiger partial charge in [-0.3, -0.25) is 24.0 Å². The number of Topliss-reactive ketones (excluding diaryl/α,β-unsaturated/α-hetero) is 3. The van der Waals surface area contributed by atoms with Gasteiger partial charge in [0.1, 0.15) is 5.78 Å². The van der Waals surface area contributed by atoms with Crippen LogP contribution in [0.1, 0.15) is 129 Å². The van der Waals surface area contributed by atoms with Crippen LogP contribution in [0.2, 0.25) is 0 Å². The third-order valence-corrected chi connectivity index (χ3v) is 11.6. The van der Waals surface area contributed by atoms with E-state index in [4.69, 9.17) is 0 Å².